The highest BCUT2D eigenvalue weighted by Gasteiger charge is 2.31. The SMILES string of the molecule is CC(C)(C)OC(=O)N1CCCN(c2nc3ccc(C(F)(F)F)cc3s2)CC1. The van der Waals surface area contributed by atoms with E-state index in [1.54, 1.807) is 4.90 Å². The van der Waals surface area contributed by atoms with Gasteiger partial charge in [0.1, 0.15) is 5.60 Å². The van der Waals surface area contributed by atoms with Gasteiger partial charge in [0.15, 0.2) is 5.13 Å². The third-order valence-electron chi connectivity index (χ3n) is 4.12. The van der Waals surface area contributed by atoms with E-state index < -0.39 is 17.3 Å². The predicted octanol–water partition coefficient (Wildman–Crippen LogP) is 4.76. The minimum Gasteiger partial charge on any atom is -0.444 e. The Balaban J connectivity index is 1.73. The normalized spacial score (nSPS) is 16.5. The fourth-order valence-electron chi connectivity index (χ4n) is 2.84. The van der Waals surface area contributed by atoms with Crippen LogP contribution in [0.5, 0.6) is 0 Å². The third kappa shape index (κ3) is 4.82. The highest BCUT2D eigenvalue weighted by atomic mass is 32.1. The molecule has 0 aliphatic carbocycles. The summed E-state index contributed by atoms with van der Waals surface area (Å²) in [5.74, 6) is 0. The Morgan fingerprint density at radius 3 is 2.56 bits per heavy atom. The Labute approximate surface area is 159 Å². The zero-order chi connectivity index (χ0) is 19.8. The van der Waals surface area contributed by atoms with Gasteiger partial charge in [0.25, 0.3) is 0 Å². The molecule has 0 bridgehead atoms. The molecule has 1 aromatic carbocycles. The molecular formula is C18H22F3N3O2S. The van der Waals surface area contributed by atoms with Crippen LogP contribution in [0, 0.1) is 0 Å². The van der Waals surface area contributed by atoms with Gasteiger partial charge in [-0.05, 0) is 45.4 Å². The molecule has 9 heteroatoms. The Hall–Kier alpha value is -2.03. The number of fused-ring (bicyclic) bond motifs is 1. The molecule has 0 unspecified atom stereocenters. The van der Waals surface area contributed by atoms with Crippen molar-refractivity contribution in [1.82, 2.24) is 9.88 Å². The first-order valence-corrected chi connectivity index (χ1v) is 9.55. The average molecular weight is 401 g/mol. The lowest BCUT2D eigenvalue weighted by Gasteiger charge is -2.26. The number of halogens is 3. The van der Waals surface area contributed by atoms with Crippen molar-refractivity contribution in [1.29, 1.82) is 0 Å². The van der Waals surface area contributed by atoms with E-state index in [2.05, 4.69) is 4.98 Å². The topological polar surface area (TPSA) is 45.7 Å². The van der Waals surface area contributed by atoms with E-state index in [0.717, 1.165) is 18.6 Å². The zero-order valence-corrected chi connectivity index (χ0v) is 16.3. The van der Waals surface area contributed by atoms with Crippen LogP contribution in [0.2, 0.25) is 0 Å². The van der Waals surface area contributed by atoms with Crippen molar-refractivity contribution in [3.8, 4) is 0 Å². The van der Waals surface area contributed by atoms with Gasteiger partial charge in [0.05, 0.1) is 15.8 Å². The molecule has 0 N–H and O–H groups in total. The summed E-state index contributed by atoms with van der Waals surface area (Å²) in [6.07, 6.45) is -3.97. The number of amides is 1. The lowest BCUT2D eigenvalue weighted by Crippen LogP contribution is -2.39. The summed E-state index contributed by atoms with van der Waals surface area (Å²) in [7, 11) is 0. The zero-order valence-electron chi connectivity index (χ0n) is 15.5. The van der Waals surface area contributed by atoms with Crippen LogP contribution in [0.15, 0.2) is 18.2 Å². The van der Waals surface area contributed by atoms with E-state index in [4.69, 9.17) is 4.74 Å². The second-order valence-corrected chi connectivity index (χ2v) is 8.49. The first-order valence-electron chi connectivity index (χ1n) is 8.73. The first kappa shape index (κ1) is 19.7. The molecule has 1 amide bonds. The van der Waals surface area contributed by atoms with Crippen LogP contribution in [0.4, 0.5) is 23.1 Å². The van der Waals surface area contributed by atoms with Gasteiger partial charge in [-0.15, -0.1) is 0 Å². The number of benzene rings is 1. The standard InChI is InChI=1S/C18H22F3N3O2S/c1-17(2,3)26-16(25)24-8-4-7-23(9-10-24)15-22-13-6-5-12(18(19,20)21)11-14(13)27-15/h5-6,11H,4,7-10H2,1-3H3. The fourth-order valence-corrected chi connectivity index (χ4v) is 3.90. The number of aromatic nitrogens is 1. The van der Waals surface area contributed by atoms with Gasteiger partial charge in [0, 0.05) is 26.2 Å². The second kappa shape index (κ2) is 7.18. The molecule has 1 aromatic heterocycles. The van der Waals surface area contributed by atoms with Crippen LogP contribution in [0.1, 0.15) is 32.8 Å². The Kier molecular flexibility index (Phi) is 5.24. The van der Waals surface area contributed by atoms with Gasteiger partial charge >= 0.3 is 12.3 Å². The molecule has 2 aromatic rings. The summed E-state index contributed by atoms with van der Waals surface area (Å²) in [6, 6.07) is 3.60. The Morgan fingerprint density at radius 1 is 1.15 bits per heavy atom. The lowest BCUT2D eigenvalue weighted by molar-refractivity contribution is -0.137. The molecule has 0 spiro atoms. The molecular weight excluding hydrogens is 379 g/mol. The van der Waals surface area contributed by atoms with Crippen molar-refractivity contribution >= 4 is 32.8 Å². The molecule has 2 heterocycles. The lowest BCUT2D eigenvalue weighted by atomic mass is 10.2. The molecule has 1 aliphatic heterocycles. The molecule has 1 aliphatic rings. The molecule has 5 nitrogen and oxygen atoms in total. The van der Waals surface area contributed by atoms with E-state index in [1.807, 2.05) is 25.7 Å². The summed E-state index contributed by atoms with van der Waals surface area (Å²) < 4.78 is 44.6. The van der Waals surface area contributed by atoms with Crippen molar-refractivity contribution in [2.45, 2.75) is 39.0 Å². The van der Waals surface area contributed by atoms with E-state index in [0.29, 0.717) is 41.5 Å². The van der Waals surface area contributed by atoms with Crippen molar-refractivity contribution in [3.05, 3.63) is 23.8 Å². The van der Waals surface area contributed by atoms with Crippen LogP contribution >= 0.6 is 11.3 Å². The number of hydrogen-bond acceptors (Lipinski definition) is 5. The van der Waals surface area contributed by atoms with Crippen molar-refractivity contribution in [3.63, 3.8) is 0 Å². The maximum atomic E-state index is 12.9. The number of anilines is 1. The largest absolute Gasteiger partial charge is 0.444 e. The Morgan fingerprint density at radius 2 is 1.89 bits per heavy atom. The van der Waals surface area contributed by atoms with Crippen molar-refractivity contribution in [2.24, 2.45) is 0 Å². The average Bonchev–Trinajstić information content (AvgIpc) is 2.80. The number of nitrogens with zero attached hydrogens (tertiary/aromatic N) is 3. The third-order valence-corrected chi connectivity index (χ3v) is 5.20. The first-order chi connectivity index (χ1) is 12.5. The number of ether oxygens (including phenoxy) is 1. The summed E-state index contributed by atoms with van der Waals surface area (Å²) in [5.41, 5.74) is -0.667. The van der Waals surface area contributed by atoms with Gasteiger partial charge in [-0.3, -0.25) is 0 Å². The quantitative estimate of drug-likeness (QED) is 0.691. The maximum absolute atomic E-state index is 12.9. The second-order valence-electron chi connectivity index (χ2n) is 7.48. The van der Waals surface area contributed by atoms with Crippen LogP contribution in [0.25, 0.3) is 10.2 Å². The fraction of sp³-hybridized carbons (Fsp3) is 0.556. The van der Waals surface area contributed by atoms with Crippen molar-refractivity contribution < 1.29 is 22.7 Å². The number of hydrogen-bond donors (Lipinski definition) is 0. The van der Waals surface area contributed by atoms with Crippen LogP contribution in [-0.2, 0) is 10.9 Å². The Bertz CT molecular complexity index is 829. The van der Waals surface area contributed by atoms with Crippen LogP contribution < -0.4 is 4.90 Å². The van der Waals surface area contributed by atoms with Gasteiger partial charge in [-0.25, -0.2) is 9.78 Å². The van der Waals surface area contributed by atoms with E-state index >= 15 is 0 Å². The molecule has 148 valence electrons. The highest BCUT2D eigenvalue weighted by molar-refractivity contribution is 7.22. The molecule has 0 atom stereocenters. The van der Waals surface area contributed by atoms with E-state index in [9.17, 15) is 18.0 Å². The monoisotopic (exact) mass is 401 g/mol. The number of rotatable bonds is 1. The molecule has 3 rings (SSSR count). The minimum atomic E-state index is -4.37. The van der Waals surface area contributed by atoms with Gasteiger partial charge < -0.3 is 14.5 Å². The van der Waals surface area contributed by atoms with Crippen LogP contribution in [0.3, 0.4) is 0 Å². The summed E-state index contributed by atoms with van der Waals surface area (Å²) >= 11 is 1.24. The summed E-state index contributed by atoms with van der Waals surface area (Å²) in [6.45, 7) is 7.78. The highest BCUT2D eigenvalue weighted by Crippen LogP contribution is 2.35. The number of carbonyl (C=O) groups is 1. The summed E-state index contributed by atoms with van der Waals surface area (Å²) in [4.78, 5) is 20.4. The van der Waals surface area contributed by atoms with E-state index in [1.165, 1.54) is 17.4 Å². The smallest absolute Gasteiger partial charge is 0.416 e. The molecule has 27 heavy (non-hydrogen) atoms. The van der Waals surface area contributed by atoms with Gasteiger partial charge in [0.2, 0.25) is 0 Å². The van der Waals surface area contributed by atoms with Gasteiger partial charge in [-0.1, -0.05) is 11.3 Å². The predicted molar refractivity (Wildman–Crippen MR) is 99.3 cm³/mol. The van der Waals surface area contributed by atoms with Crippen molar-refractivity contribution in [2.75, 3.05) is 31.1 Å². The number of alkyl halides is 3. The number of thiazole rings is 1. The molecule has 1 saturated heterocycles. The summed E-state index contributed by atoms with van der Waals surface area (Å²) in [5, 5.41) is 0.676. The van der Waals surface area contributed by atoms with E-state index in [-0.39, 0.29) is 6.09 Å². The molecule has 1 fully saturated rings. The van der Waals surface area contributed by atoms with Crippen LogP contribution in [-0.4, -0.2) is 47.8 Å². The molecule has 0 saturated carbocycles. The molecule has 0 radical (unpaired) electrons. The van der Waals surface area contributed by atoms with Gasteiger partial charge in [-0.2, -0.15) is 13.2 Å². The number of carbonyl (C=O) groups excluding carboxylic acids is 1. The minimum absolute atomic E-state index is 0.344. The maximum Gasteiger partial charge on any atom is 0.416 e.